The van der Waals surface area contributed by atoms with E-state index >= 15 is 0 Å². The quantitative estimate of drug-likeness (QED) is 0.0664. The number of ether oxygens (including phenoxy) is 1. The largest absolute Gasteiger partial charge is 0.378 e. The number of likely N-dealkylation sites (tertiary alicyclic amines) is 2. The molecule has 6 heterocycles. The molecule has 76 heavy (non-hydrogen) atoms. The summed E-state index contributed by atoms with van der Waals surface area (Å²) in [5, 5.41) is 9.14. The van der Waals surface area contributed by atoms with Crippen molar-refractivity contribution in [2.24, 2.45) is 5.92 Å². The number of aryl methyl sites for hydroxylation is 1. The van der Waals surface area contributed by atoms with Crippen LogP contribution in [0.2, 0.25) is 0 Å². The Morgan fingerprint density at radius 3 is 2.38 bits per heavy atom. The van der Waals surface area contributed by atoms with Crippen molar-refractivity contribution < 1.29 is 32.7 Å². The van der Waals surface area contributed by atoms with Gasteiger partial charge in [0.2, 0.25) is 11.8 Å². The van der Waals surface area contributed by atoms with Crippen LogP contribution in [0.25, 0.3) is 11.0 Å². The summed E-state index contributed by atoms with van der Waals surface area (Å²) < 4.78 is 33.7. The zero-order valence-electron chi connectivity index (χ0n) is 43.7. The van der Waals surface area contributed by atoms with Crippen molar-refractivity contribution in [3.8, 4) is 0 Å². The summed E-state index contributed by atoms with van der Waals surface area (Å²) in [4.78, 5) is 87.2. The molecule has 16 nitrogen and oxygen atoms in total. The molecule has 0 spiro atoms. The van der Waals surface area contributed by atoms with Crippen molar-refractivity contribution in [2.45, 2.75) is 109 Å². The highest BCUT2D eigenvalue weighted by Gasteiger charge is 2.36. The third-order valence-electron chi connectivity index (χ3n) is 15.7. The number of H-pyrrole nitrogens is 1. The van der Waals surface area contributed by atoms with E-state index in [-0.39, 0.29) is 65.8 Å². The van der Waals surface area contributed by atoms with E-state index in [0.29, 0.717) is 76.3 Å². The van der Waals surface area contributed by atoms with E-state index < -0.39 is 17.7 Å². The number of hydrogen-bond donors (Lipinski definition) is 4. The fraction of sp³-hybridized carbons (Fsp3) is 0.500. The van der Waals surface area contributed by atoms with Crippen LogP contribution in [-0.2, 0) is 33.8 Å². The van der Waals surface area contributed by atoms with Crippen LogP contribution in [0.1, 0.15) is 120 Å². The van der Waals surface area contributed by atoms with Crippen LogP contribution in [0.15, 0.2) is 83.9 Å². The first-order valence-corrected chi connectivity index (χ1v) is 27.4. The summed E-state index contributed by atoms with van der Waals surface area (Å²) in [5.74, 6) is -1.89. The molecular formula is C58H72F2N10O6. The highest BCUT2D eigenvalue weighted by Crippen LogP contribution is 2.31. The van der Waals surface area contributed by atoms with Gasteiger partial charge >= 0.3 is 0 Å². The molecule has 3 aliphatic heterocycles. The lowest BCUT2D eigenvalue weighted by Crippen LogP contribution is -2.54. The molecule has 4 aliphatic rings. The normalized spacial score (nSPS) is 18.4. The lowest BCUT2D eigenvalue weighted by Gasteiger charge is -2.37. The number of benzene rings is 2. The van der Waals surface area contributed by atoms with E-state index in [1.165, 1.54) is 12.1 Å². The van der Waals surface area contributed by atoms with Crippen LogP contribution in [0, 0.1) is 17.6 Å². The molecule has 2 unspecified atom stereocenters. The number of pyridine rings is 3. The Kier molecular flexibility index (Phi) is 18.5. The number of piperazine rings is 1. The topological polar surface area (TPSA) is 185 Å². The SMILES string of the molecule is CCc1cc2ncc(CN3CCN(c4ccc(C(=O)NCCCOC5CCN(C(=O)C(NC(=O)c6cccc(C7CCCN(C(=O)CNCc8ccc(F)cc8F)C7)c6)C6CCCCC6)CC5)nc4)CC3)cc2[nH]c1=O. The van der Waals surface area contributed by atoms with E-state index in [1.54, 1.807) is 23.2 Å². The number of aromatic amines is 1. The van der Waals surface area contributed by atoms with Gasteiger partial charge in [-0.15, -0.1) is 0 Å². The van der Waals surface area contributed by atoms with Gasteiger partial charge in [0.05, 0.1) is 35.6 Å². The van der Waals surface area contributed by atoms with Crippen molar-refractivity contribution in [3.63, 3.8) is 0 Å². The second-order valence-corrected chi connectivity index (χ2v) is 20.9. The number of carbonyl (C=O) groups excluding carboxylic acids is 4. The number of anilines is 1. The minimum Gasteiger partial charge on any atom is -0.378 e. The van der Waals surface area contributed by atoms with Crippen molar-refractivity contribution in [2.75, 3.05) is 77.0 Å². The molecule has 18 heteroatoms. The summed E-state index contributed by atoms with van der Waals surface area (Å²) in [6, 6.07) is 17.9. The number of halogens is 2. The van der Waals surface area contributed by atoms with E-state index in [4.69, 9.17) is 4.74 Å². The second kappa shape index (κ2) is 25.9. The molecule has 1 aliphatic carbocycles. The number of piperidine rings is 2. The van der Waals surface area contributed by atoms with Crippen LogP contribution in [0.4, 0.5) is 14.5 Å². The van der Waals surface area contributed by atoms with Crippen molar-refractivity contribution in [3.05, 3.63) is 135 Å². The van der Waals surface area contributed by atoms with Gasteiger partial charge in [0.25, 0.3) is 17.4 Å². The third-order valence-corrected chi connectivity index (χ3v) is 15.7. The summed E-state index contributed by atoms with van der Waals surface area (Å²) in [6.07, 6.45) is 12.9. The van der Waals surface area contributed by atoms with Crippen LogP contribution in [0.3, 0.4) is 0 Å². The zero-order chi connectivity index (χ0) is 53.0. The van der Waals surface area contributed by atoms with Crippen LogP contribution in [-0.4, -0.2) is 137 Å². The second-order valence-electron chi connectivity index (χ2n) is 20.9. The number of nitrogens with zero attached hydrogens (tertiary/aromatic N) is 6. The molecule has 2 aromatic carbocycles. The van der Waals surface area contributed by atoms with Gasteiger partial charge in [-0.05, 0) is 111 Å². The van der Waals surface area contributed by atoms with Crippen molar-refractivity contribution in [1.29, 1.82) is 0 Å². The lowest BCUT2D eigenvalue weighted by atomic mass is 9.83. The van der Waals surface area contributed by atoms with Gasteiger partial charge in [-0.1, -0.05) is 44.4 Å². The Labute approximate surface area is 443 Å². The number of amides is 4. The summed E-state index contributed by atoms with van der Waals surface area (Å²) in [7, 11) is 0. The van der Waals surface area contributed by atoms with Gasteiger partial charge in [0.15, 0.2) is 0 Å². The molecule has 3 saturated heterocycles. The number of hydrogen-bond acceptors (Lipinski definition) is 11. The fourth-order valence-electron chi connectivity index (χ4n) is 11.3. The molecule has 4 amide bonds. The van der Waals surface area contributed by atoms with E-state index in [0.717, 1.165) is 117 Å². The highest BCUT2D eigenvalue weighted by molar-refractivity contribution is 5.98. The van der Waals surface area contributed by atoms with Crippen molar-refractivity contribution >= 4 is 40.3 Å². The van der Waals surface area contributed by atoms with Gasteiger partial charge in [-0.3, -0.25) is 33.9 Å². The summed E-state index contributed by atoms with van der Waals surface area (Å²) in [5.41, 5.74) is 6.35. The molecule has 5 aromatic rings. The molecule has 0 radical (unpaired) electrons. The Hall–Kier alpha value is -6.63. The highest BCUT2D eigenvalue weighted by atomic mass is 19.1. The van der Waals surface area contributed by atoms with Gasteiger partial charge in [0.1, 0.15) is 23.4 Å². The summed E-state index contributed by atoms with van der Waals surface area (Å²) in [6.45, 7) is 9.26. The number of rotatable bonds is 19. The number of aromatic nitrogens is 3. The zero-order valence-corrected chi connectivity index (χ0v) is 43.7. The van der Waals surface area contributed by atoms with E-state index in [2.05, 4.69) is 40.7 Å². The molecule has 3 aromatic heterocycles. The fourth-order valence-corrected chi connectivity index (χ4v) is 11.3. The number of fused-ring (bicyclic) bond motifs is 1. The van der Waals surface area contributed by atoms with Gasteiger partial charge in [-0.2, -0.15) is 0 Å². The average molecular weight is 1040 g/mol. The Morgan fingerprint density at radius 2 is 1.62 bits per heavy atom. The Balaban J connectivity index is 0.680. The number of nitrogens with one attached hydrogen (secondary N) is 4. The molecule has 1 saturated carbocycles. The number of carbonyl (C=O) groups is 4. The molecular weight excluding hydrogens is 971 g/mol. The predicted molar refractivity (Wildman–Crippen MR) is 287 cm³/mol. The monoisotopic (exact) mass is 1040 g/mol. The molecule has 4 N–H and O–H groups in total. The maximum atomic E-state index is 14.3. The van der Waals surface area contributed by atoms with Gasteiger partial charge < -0.3 is 40.4 Å². The third kappa shape index (κ3) is 14.0. The molecule has 4 fully saturated rings. The Bertz CT molecular complexity index is 2860. The standard InChI is InChI=1S/C58H72F2N10O6/c1-2-40-31-51-52(65-55(40)72)29-39(33-63-51)37-67-24-26-68(27-25-67)47-16-17-50(64-35-47)57(74)62-20-8-28-76-48-18-22-69(23-19-48)58(75)54(41-9-4-3-5-10-41)66-56(73)43-12-6-11-42(30-43)45-13-7-21-70(38-45)53(71)36-61-34-44-14-15-46(59)32-49(44)60/h6,11-12,14-17,29-33,35,41,45,48,54,61H,2-5,7-10,13,18-28,34,36-38H2,1H3,(H,62,74)(H,65,72)(H,66,73). The smallest absolute Gasteiger partial charge is 0.269 e. The van der Waals surface area contributed by atoms with E-state index in [1.807, 2.05) is 54.4 Å². The molecule has 0 bridgehead atoms. The summed E-state index contributed by atoms with van der Waals surface area (Å²) >= 11 is 0. The van der Waals surface area contributed by atoms with Gasteiger partial charge in [-0.25, -0.2) is 13.8 Å². The lowest BCUT2D eigenvalue weighted by molar-refractivity contribution is -0.137. The maximum absolute atomic E-state index is 14.3. The minimum atomic E-state index is -0.656. The molecule has 404 valence electrons. The van der Waals surface area contributed by atoms with Crippen LogP contribution < -0.4 is 26.4 Å². The van der Waals surface area contributed by atoms with Crippen LogP contribution >= 0.6 is 0 Å². The van der Waals surface area contributed by atoms with Crippen molar-refractivity contribution in [1.82, 2.24) is 45.6 Å². The van der Waals surface area contributed by atoms with Crippen LogP contribution in [0.5, 0.6) is 0 Å². The first kappa shape index (κ1) is 54.2. The average Bonchev–Trinajstić information content (AvgIpc) is 3.45. The first-order valence-electron chi connectivity index (χ1n) is 27.4. The molecule has 9 rings (SSSR count). The van der Waals surface area contributed by atoms with Gasteiger partial charge in [0, 0.05) is 113 Å². The maximum Gasteiger partial charge on any atom is 0.269 e. The molecule has 2 atom stereocenters. The Morgan fingerprint density at radius 1 is 0.803 bits per heavy atom. The first-order chi connectivity index (χ1) is 37.0. The van der Waals surface area contributed by atoms with E-state index in [9.17, 15) is 32.8 Å². The predicted octanol–water partition coefficient (Wildman–Crippen LogP) is 6.48. The minimum absolute atomic E-state index is 0.00813.